The van der Waals surface area contributed by atoms with Crippen molar-refractivity contribution in [2.24, 2.45) is 5.92 Å². The van der Waals surface area contributed by atoms with Gasteiger partial charge in [0.25, 0.3) is 0 Å². The highest BCUT2D eigenvalue weighted by Gasteiger charge is 2.25. The van der Waals surface area contributed by atoms with Crippen molar-refractivity contribution in [3.8, 4) is 0 Å². The lowest BCUT2D eigenvalue weighted by atomic mass is 10.1. The average molecular weight is 289 g/mol. The molecule has 1 atom stereocenters. The molecule has 1 aliphatic heterocycles. The van der Waals surface area contributed by atoms with E-state index in [0.717, 1.165) is 36.1 Å². The predicted octanol–water partition coefficient (Wildman–Crippen LogP) is 2.47. The van der Waals surface area contributed by atoms with Gasteiger partial charge in [0, 0.05) is 31.2 Å². The highest BCUT2D eigenvalue weighted by atomic mass is 19.1. The Hall–Kier alpha value is -2.37. The normalized spacial score (nSPS) is 18.1. The molecule has 21 heavy (non-hydrogen) atoms. The van der Waals surface area contributed by atoms with E-state index in [9.17, 15) is 9.18 Å². The molecule has 3 rings (SSSR count). The van der Waals surface area contributed by atoms with Gasteiger partial charge in [0.15, 0.2) is 0 Å². The third-order valence-corrected chi connectivity index (χ3v) is 3.83. The van der Waals surface area contributed by atoms with E-state index in [1.165, 1.54) is 12.1 Å². The molecule has 2 heterocycles. The maximum Gasteiger partial charge on any atom is 0.404 e. The Morgan fingerprint density at radius 1 is 1.48 bits per heavy atom. The highest BCUT2D eigenvalue weighted by Crippen LogP contribution is 2.29. The van der Waals surface area contributed by atoms with Gasteiger partial charge in [-0.15, -0.1) is 0 Å². The molecule has 1 saturated heterocycles. The number of nitrogens with zero attached hydrogens (tertiary/aromatic N) is 2. The maximum atomic E-state index is 13.5. The number of carbonyl (C=O) groups is 1. The second-order valence-corrected chi connectivity index (χ2v) is 5.29. The molecule has 1 aromatic heterocycles. The number of hydrogen-bond acceptors (Lipinski definition) is 3. The minimum absolute atomic E-state index is 0.256. The third-order valence-electron chi connectivity index (χ3n) is 3.83. The first-order valence-corrected chi connectivity index (χ1v) is 6.89. The Morgan fingerprint density at radius 3 is 3.14 bits per heavy atom. The summed E-state index contributed by atoms with van der Waals surface area (Å²) in [5.74, 6) is 0.747. The Labute approximate surface area is 121 Å². The smallest absolute Gasteiger partial charge is 0.404 e. The van der Waals surface area contributed by atoms with Crippen LogP contribution < -0.4 is 10.2 Å². The summed E-state index contributed by atoms with van der Waals surface area (Å²) in [6.45, 7) is 1.96. The van der Waals surface area contributed by atoms with Crippen LogP contribution in [-0.2, 0) is 0 Å². The number of aromatic nitrogens is 1. The van der Waals surface area contributed by atoms with Crippen LogP contribution in [0.25, 0.3) is 10.8 Å². The molecular weight excluding hydrogens is 273 g/mol. The van der Waals surface area contributed by atoms with Crippen molar-refractivity contribution in [2.75, 3.05) is 24.5 Å². The number of pyridine rings is 1. The monoisotopic (exact) mass is 289 g/mol. The Morgan fingerprint density at radius 2 is 2.33 bits per heavy atom. The highest BCUT2D eigenvalue weighted by molar-refractivity contribution is 5.92. The van der Waals surface area contributed by atoms with Crippen molar-refractivity contribution < 1.29 is 14.3 Å². The molecule has 1 aliphatic rings. The molecule has 0 bridgehead atoms. The summed E-state index contributed by atoms with van der Waals surface area (Å²) in [6.07, 6.45) is 1.62. The van der Waals surface area contributed by atoms with Gasteiger partial charge >= 0.3 is 6.09 Å². The number of anilines is 1. The summed E-state index contributed by atoms with van der Waals surface area (Å²) in [5, 5.41) is 12.8. The number of rotatable bonds is 3. The lowest BCUT2D eigenvalue weighted by Crippen LogP contribution is -2.29. The van der Waals surface area contributed by atoms with Crippen LogP contribution in [0.4, 0.5) is 15.0 Å². The lowest BCUT2D eigenvalue weighted by Gasteiger charge is -2.19. The van der Waals surface area contributed by atoms with Gasteiger partial charge in [-0.3, -0.25) is 0 Å². The van der Waals surface area contributed by atoms with Crippen molar-refractivity contribution in [3.05, 3.63) is 36.3 Å². The van der Waals surface area contributed by atoms with Crippen molar-refractivity contribution in [2.45, 2.75) is 6.42 Å². The van der Waals surface area contributed by atoms with Crippen molar-refractivity contribution >= 4 is 22.7 Å². The van der Waals surface area contributed by atoms with Gasteiger partial charge in [-0.2, -0.15) is 0 Å². The summed E-state index contributed by atoms with van der Waals surface area (Å²) in [6, 6.07) is 6.55. The molecular formula is C15H16FN3O2. The van der Waals surface area contributed by atoms with Gasteiger partial charge in [0.1, 0.15) is 11.6 Å². The van der Waals surface area contributed by atoms with Crippen LogP contribution in [0.2, 0.25) is 0 Å². The zero-order valence-corrected chi connectivity index (χ0v) is 11.4. The summed E-state index contributed by atoms with van der Waals surface area (Å²) >= 11 is 0. The van der Waals surface area contributed by atoms with E-state index >= 15 is 0 Å². The second kappa shape index (κ2) is 5.55. The Balaban J connectivity index is 1.82. The molecule has 6 heteroatoms. The van der Waals surface area contributed by atoms with Gasteiger partial charge in [-0.25, -0.2) is 14.2 Å². The zero-order chi connectivity index (χ0) is 14.8. The largest absolute Gasteiger partial charge is 0.465 e. The number of amides is 1. The first kappa shape index (κ1) is 13.6. The van der Waals surface area contributed by atoms with Crippen molar-refractivity contribution in [3.63, 3.8) is 0 Å². The number of carboxylic acid groups (broad SMARTS) is 1. The van der Waals surface area contributed by atoms with Crippen LogP contribution in [0.1, 0.15) is 6.42 Å². The van der Waals surface area contributed by atoms with E-state index < -0.39 is 6.09 Å². The first-order valence-electron chi connectivity index (χ1n) is 6.89. The van der Waals surface area contributed by atoms with E-state index in [1.54, 1.807) is 12.3 Å². The average Bonchev–Trinajstić information content (AvgIpc) is 2.93. The molecule has 0 aliphatic carbocycles. The van der Waals surface area contributed by atoms with E-state index in [0.29, 0.717) is 6.54 Å². The molecule has 110 valence electrons. The predicted molar refractivity (Wildman–Crippen MR) is 78.0 cm³/mol. The number of benzene rings is 1. The number of hydrogen-bond donors (Lipinski definition) is 2. The van der Waals surface area contributed by atoms with Crippen LogP contribution in [-0.4, -0.2) is 35.8 Å². The molecule has 5 nitrogen and oxygen atoms in total. The number of fused-ring (bicyclic) bond motifs is 1. The standard InChI is InChI=1S/C15H16FN3O2/c16-12-2-1-11-3-5-17-14(13(11)7-12)19-6-4-10(9-19)8-18-15(20)21/h1-3,5,7,10,18H,4,6,8-9H2,(H,20,21). The van der Waals surface area contributed by atoms with Gasteiger partial charge < -0.3 is 15.3 Å². The Kier molecular flexibility index (Phi) is 3.60. The van der Waals surface area contributed by atoms with Crippen molar-refractivity contribution in [1.82, 2.24) is 10.3 Å². The fourth-order valence-electron chi connectivity index (χ4n) is 2.80. The third kappa shape index (κ3) is 2.89. The van der Waals surface area contributed by atoms with E-state index in [2.05, 4.69) is 15.2 Å². The van der Waals surface area contributed by atoms with Gasteiger partial charge in [-0.1, -0.05) is 6.07 Å². The molecule has 0 saturated carbocycles. The van der Waals surface area contributed by atoms with Crippen LogP contribution in [0.3, 0.4) is 0 Å². The fraction of sp³-hybridized carbons (Fsp3) is 0.333. The summed E-state index contributed by atoms with van der Waals surface area (Å²) in [4.78, 5) is 17.0. The SMILES string of the molecule is O=C(O)NCC1CCN(c2nccc3ccc(F)cc23)C1. The minimum Gasteiger partial charge on any atom is -0.465 e. The first-order chi connectivity index (χ1) is 10.1. The fourth-order valence-corrected chi connectivity index (χ4v) is 2.80. The number of nitrogens with one attached hydrogen (secondary N) is 1. The summed E-state index contributed by atoms with van der Waals surface area (Å²) in [7, 11) is 0. The van der Waals surface area contributed by atoms with Crippen LogP contribution in [0, 0.1) is 11.7 Å². The van der Waals surface area contributed by atoms with E-state index in [4.69, 9.17) is 5.11 Å². The zero-order valence-electron chi connectivity index (χ0n) is 11.4. The van der Waals surface area contributed by atoms with E-state index in [1.807, 2.05) is 6.07 Å². The maximum absolute atomic E-state index is 13.5. The van der Waals surface area contributed by atoms with Crippen LogP contribution in [0.5, 0.6) is 0 Å². The lowest BCUT2D eigenvalue weighted by molar-refractivity contribution is 0.192. The molecule has 1 amide bonds. The van der Waals surface area contributed by atoms with Crippen LogP contribution in [0.15, 0.2) is 30.5 Å². The van der Waals surface area contributed by atoms with Crippen molar-refractivity contribution in [1.29, 1.82) is 0 Å². The molecule has 2 aromatic rings. The molecule has 1 aromatic carbocycles. The Bertz CT molecular complexity index is 677. The molecule has 1 unspecified atom stereocenters. The van der Waals surface area contributed by atoms with Gasteiger partial charge in [0.05, 0.1) is 0 Å². The summed E-state index contributed by atoms with van der Waals surface area (Å²) in [5.41, 5.74) is 0. The number of halogens is 1. The van der Waals surface area contributed by atoms with Gasteiger partial charge in [0.2, 0.25) is 0 Å². The minimum atomic E-state index is -1.00. The van der Waals surface area contributed by atoms with Gasteiger partial charge in [-0.05, 0) is 35.9 Å². The second-order valence-electron chi connectivity index (χ2n) is 5.29. The summed E-state index contributed by atoms with van der Waals surface area (Å²) < 4.78 is 13.5. The molecule has 0 spiro atoms. The molecule has 1 fully saturated rings. The molecule has 2 N–H and O–H groups in total. The van der Waals surface area contributed by atoms with E-state index in [-0.39, 0.29) is 11.7 Å². The molecule has 0 radical (unpaired) electrons. The van der Waals surface area contributed by atoms with Crippen LogP contribution >= 0.6 is 0 Å². The topological polar surface area (TPSA) is 65.5 Å². The quantitative estimate of drug-likeness (QED) is 0.911.